The van der Waals surface area contributed by atoms with E-state index in [1.165, 1.54) is 17.5 Å². The van der Waals surface area contributed by atoms with E-state index in [-0.39, 0.29) is 5.56 Å². The molecule has 1 aliphatic heterocycles. The van der Waals surface area contributed by atoms with Crippen molar-refractivity contribution in [1.82, 2.24) is 19.9 Å². The quantitative estimate of drug-likeness (QED) is 0.818. The van der Waals surface area contributed by atoms with Crippen molar-refractivity contribution in [3.8, 4) is 0 Å². The number of fused-ring (bicyclic) bond motifs is 1. The average Bonchev–Trinajstić information content (AvgIpc) is 2.42. The molecule has 2 aromatic rings. The van der Waals surface area contributed by atoms with Gasteiger partial charge in [0.1, 0.15) is 5.52 Å². The number of nitrogens with zero attached hydrogens (tertiary/aromatic N) is 4. The van der Waals surface area contributed by atoms with Crippen LogP contribution < -0.4 is 5.56 Å². The minimum absolute atomic E-state index is 0.0520. The molecule has 1 aromatic carbocycles. The largest absolute Gasteiger partial charge is 0.284 e. The molecule has 0 spiro atoms. The second-order valence-corrected chi connectivity index (χ2v) is 5.38. The fraction of sp³-hybridized carbons (Fsp3) is 0.500. The van der Waals surface area contributed by atoms with E-state index in [0.717, 1.165) is 13.1 Å². The van der Waals surface area contributed by atoms with Crippen LogP contribution in [0.5, 0.6) is 0 Å². The lowest BCUT2D eigenvalue weighted by Gasteiger charge is -2.30. The monoisotopic (exact) mass is 258 g/mol. The zero-order chi connectivity index (χ0) is 13.2. The summed E-state index contributed by atoms with van der Waals surface area (Å²) in [5, 5.41) is 8.79. The maximum Gasteiger partial charge on any atom is 0.278 e. The van der Waals surface area contributed by atoms with Crippen LogP contribution in [0.2, 0.25) is 0 Å². The third-order valence-corrected chi connectivity index (χ3v) is 3.70. The lowest BCUT2D eigenvalue weighted by Crippen LogP contribution is -2.39. The summed E-state index contributed by atoms with van der Waals surface area (Å²) in [5.74, 6) is 0.692. The highest BCUT2D eigenvalue weighted by molar-refractivity contribution is 5.76. The molecule has 1 saturated heterocycles. The second kappa shape index (κ2) is 5.09. The number of likely N-dealkylation sites (tertiary alicyclic amines) is 1. The molecule has 5 nitrogen and oxygen atoms in total. The Morgan fingerprint density at radius 1 is 1.37 bits per heavy atom. The molecular weight excluding hydrogens is 240 g/mol. The lowest BCUT2D eigenvalue weighted by atomic mass is 10.0. The molecular formula is C14H18N4O. The van der Waals surface area contributed by atoms with Crippen LogP contribution in [0.25, 0.3) is 10.9 Å². The van der Waals surface area contributed by atoms with Gasteiger partial charge in [-0.15, -0.1) is 5.10 Å². The van der Waals surface area contributed by atoms with Crippen molar-refractivity contribution < 1.29 is 0 Å². The van der Waals surface area contributed by atoms with E-state index in [1.807, 2.05) is 24.3 Å². The third-order valence-electron chi connectivity index (χ3n) is 3.70. The summed E-state index contributed by atoms with van der Waals surface area (Å²) in [7, 11) is 0. The fourth-order valence-electron chi connectivity index (χ4n) is 2.72. The van der Waals surface area contributed by atoms with Gasteiger partial charge in [0.15, 0.2) is 0 Å². The zero-order valence-electron chi connectivity index (χ0n) is 11.1. The van der Waals surface area contributed by atoms with E-state index < -0.39 is 0 Å². The first-order chi connectivity index (χ1) is 9.24. The van der Waals surface area contributed by atoms with Crippen molar-refractivity contribution in [3.63, 3.8) is 0 Å². The first-order valence-corrected chi connectivity index (χ1v) is 6.79. The molecule has 0 bridgehead atoms. The van der Waals surface area contributed by atoms with Crippen molar-refractivity contribution in [2.24, 2.45) is 5.92 Å². The molecule has 1 aromatic heterocycles. The SMILES string of the molecule is C[C@@H]1CCCN(Cn2nnc3ccccc3c2=O)C1. The van der Waals surface area contributed by atoms with Crippen molar-refractivity contribution in [2.45, 2.75) is 26.4 Å². The molecule has 1 fully saturated rings. The molecule has 1 aliphatic rings. The molecule has 0 aliphatic carbocycles. The van der Waals surface area contributed by atoms with Crippen LogP contribution in [0, 0.1) is 5.92 Å². The fourth-order valence-corrected chi connectivity index (χ4v) is 2.72. The molecule has 1 atom stereocenters. The van der Waals surface area contributed by atoms with Gasteiger partial charge in [0, 0.05) is 6.54 Å². The Kier molecular flexibility index (Phi) is 3.29. The molecule has 0 saturated carbocycles. The Bertz CT molecular complexity index is 637. The number of benzene rings is 1. The number of piperidine rings is 1. The van der Waals surface area contributed by atoms with Crippen LogP contribution in [-0.2, 0) is 6.67 Å². The Balaban J connectivity index is 1.89. The number of rotatable bonds is 2. The molecule has 0 unspecified atom stereocenters. The van der Waals surface area contributed by atoms with Crippen molar-refractivity contribution in [2.75, 3.05) is 13.1 Å². The van der Waals surface area contributed by atoms with E-state index in [2.05, 4.69) is 22.1 Å². The van der Waals surface area contributed by atoms with Gasteiger partial charge in [0.2, 0.25) is 0 Å². The highest BCUT2D eigenvalue weighted by atomic mass is 16.1. The number of hydrogen-bond donors (Lipinski definition) is 0. The smallest absolute Gasteiger partial charge is 0.278 e. The van der Waals surface area contributed by atoms with Gasteiger partial charge in [0.25, 0.3) is 5.56 Å². The normalized spacial score (nSPS) is 20.8. The van der Waals surface area contributed by atoms with Crippen LogP contribution in [0.4, 0.5) is 0 Å². The molecule has 0 amide bonds. The average molecular weight is 258 g/mol. The minimum Gasteiger partial charge on any atom is -0.284 e. The standard InChI is InChI=1S/C14H18N4O/c1-11-5-4-8-17(9-11)10-18-14(19)12-6-2-3-7-13(12)15-16-18/h2-3,6-7,11H,4-5,8-10H2,1H3/t11-/m1/s1. The first-order valence-electron chi connectivity index (χ1n) is 6.79. The molecule has 5 heteroatoms. The minimum atomic E-state index is -0.0520. The summed E-state index contributed by atoms with van der Waals surface area (Å²) in [6.07, 6.45) is 2.46. The Morgan fingerprint density at radius 2 is 2.21 bits per heavy atom. The second-order valence-electron chi connectivity index (χ2n) is 5.38. The van der Waals surface area contributed by atoms with Gasteiger partial charge in [-0.2, -0.15) is 4.68 Å². The van der Waals surface area contributed by atoms with Crippen LogP contribution >= 0.6 is 0 Å². The van der Waals surface area contributed by atoms with Crippen LogP contribution in [0.1, 0.15) is 19.8 Å². The van der Waals surface area contributed by atoms with Gasteiger partial charge in [0.05, 0.1) is 12.1 Å². The maximum absolute atomic E-state index is 12.3. The zero-order valence-corrected chi connectivity index (χ0v) is 11.1. The molecule has 19 heavy (non-hydrogen) atoms. The number of aromatic nitrogens is 3. The van der Waals surface area contributed by atoms with Crippen LogP contribution in [-0.4, -0.2) is 33.0 Å². The topological polar surface area (TPSA) is 51.0 Å². The van der Waals surface area contributed by atoms with E-state index in [0.29, 0.717) is 23.5 Å². The van der Waals surface area contributed by atoms with E-state index in [9.17, 15) is 4.79 Å². The summed E-state index contributed by atoms with van der Waals surface area (Å²) in [6.45, 7) is 4.86. The van der Waals surface area contributed by atoms with Gasteiger partial charge in [-0.25, -0.2) is 0 Å². The van der Waals surface area contributed by atoms with Crippen molar-refractivity contribution >= 4 is 10.9 Å². The Hall–Kier alpha value is -1.75. The van der Waals surface area contributed by atoms with Gasteiger partial charge in [-0.3, -0.25) is 9.69 Å². The lowest BCUT2D eigenvalue weighted by molar-refractivity contribution is 0.134. The predicted octanol–water partition coefficient (Wildman–Crippen LogP) is 1.48. The van der Waals surface area contributed by atoms with Crippen LogP contribution in [0.15, 0.2) is 29.1 Å². The van der Waals surface area contributed by atoms with E-state index >= 15 is 0 Å². The molecule has 100 valence electrons. The maximum atomic E-state index is 12.3. The summed E-state index contributed by atoms with van der Waals surface area (Å²) in [4.78, 5) is 14.6. The first kappa shape index (κ1) is 12.3. The van der Waals surface area contributed by atoms with Gasteiger partial charge < -0.3 is 0 Å². The van der Waals surface area contributed by atoms with Crippen LogP contribution in [0.3, 0.4) is 0 Å². The third kappa shape index (κ3) is 2.51. The highest BCUT2D eigenvalue weighted by Crippen LogP contribution is 2.15. The van der Waals surface area contributed by atoms with Crippen molar-refractivity contribution in [3.05, 3.63) is 34.6 Å². The van der Waals surface area contributed by atoms with Gasteiger partial charge in [-0.05, 0) is 37.4 Å². The summed E-state index contributed by atoms with van der Waals surface area (Å²) < 4.78 is 1.47. The predicted molar refractivity (Wildman–Crippen MR) is 73.8 cm³/mol. The summed E-state index contributed by atoms with van der Waals surface area (Å²) >= 11 is 0. The Labute approximate surface area is 111 Å². The van der Waals surface area contributed by atoms with Gasteiger partial charge in [-0.1, -0.05) is 24.3 Å². The summed E-state index contributed by atoms with van der Waals surface area (Å²) in [6, 6.07) is 7.35. The molecule has 3 rings (SSSR count). The van der Waals surface area contributed by atoms with Crippen molar-refractivity contribution in [1.29, 1.82) is 0 Å². The molecule has 0 radical (unpaired) electrons. The summed E-state index contributed by atoms with van der Waals surface area (Å²) in [5.41, 5.74) is 0.611. The molecule has 0 N–H and O–H groups in total. The highest BCUT2D eigenvalue weighted by Gasteiger charge is 2.17. The molecule has 2 heterocycles. The van der Waals surface area contributed by atoms with E-state index in [4.69, 9.17) is 0 Å². The number of hydrogen-bond acceptors (Lipinski definition) is 4. The Morgan fingerprint density at radius 3 is 3.05 bits per heavy atom. The van der Waals surface area contributed by atoms with E-state index in [1.54, 1.807) is 0 Å². The van der Waals surface area contributed by atoms with Gasteiger partial charge >= 0.3 is 0 Å².